The normalized spacial score (nSPS) is 22.9. The maximum atomic E-state index is 6.14. The molecule has 2 aliphatic rings. The first kappa shape index (κ1) is 11.7. The first-order valence-corrected chi connectivity index (χ1v) is 7.47. The fourth-order valence-electron chi connectivity index (χ4n) is 3.06. The smallest absolute Gasteiger partial charge is 0.0963 e. The molecule has 0 aliphatic carbocycles. The largest absolute Gasteiger partial charge is 0.365 e. The summed E-state index contributed by atoms with van der Waals surface area (Å²) in [5.41, 5.74) is 2.86. The third kappa shape index (κ3) is 2.05. The van der Waals surface area contributed by atoms with Crippen molar-refractivity contribution in [3.63, 3.8) is 0 Å². The third-order valence-electron chi connectivity index (χ3n) is 4.08. The summed E-state index contributed by atoms with van der Waals surface area (Å²) in [7, 11) is 0. The predicted molar refractivity (Wildman–Crippen MR) is 72.4 cm³/mol. The Kier molecular flexibility index (Phi) is 3.24. The lowest BCUT2D eigenvalue weighted by molar-refractivity contribution is -0.0779. The summed E-state index contributed by atoms with van der Waals surface area (Å²) in [5.74, 6) is 0. The van der Waals surface area contributed by atoms with Crippen LogP contribution in [0.2, 0.25) is 0 Å². The highest BCUT2D eigenvalue weighted by Crippen LogP contribution is 2.43. The van der Waals surface area contributed by atoms with Crippen molar-refractivity contribution in [2.45, 2.75) is 25.0 Å². The van der Waals surface area contributed by atoms with E-state index in [-0.39, 0.29) is 5.60 Å². The van der Waals surface area contributed by atoms with Crippen LogP contribution < -0.4 is 0 Å². The molecule has 1 aromatic carbocycles. The minimum absolute atomic E-state index is 0.0272. The van der Waals surface area contributed by atoms with Crippen molar-refractivity contribution in [3.05, 3.63) is 35.4 Å². The second kappa shape index (κ2) is 4.71. The number of ether oxygens (including phenoxy) is 1. The van der Waals surface area contributed by atoms with Crippen molar-refractivity contribution in [1.29, 1.82) is 0 Å². The van der Waals surface area contributed by atoms with Gasteiger partial charge in [0.15, 0.2) is 0 Å². The summed E-state index contributed by atoms with van der Waals surface area (Å²) < 4.78 is 6.14. The van der Waals surface area contributed by atoms with Gasteiger partial charge in [-0.25, -0.2) is 0 Å². The summed E-state index contributed by atoms with van der Waals surface area (Å²) in [6.07, 6.45) is 2.27. The maximum absolute atomic E-state index is 6.14. The molecule has 0 unspecified atom stereocenters. The van der Waals surface area contributed by atoms with E-state index in [9.17, 15) is 0 Å². The van der Waals surface area contributed by atoms with Crippen LogP contribution in [0.4, 0.5) is 0 Å². The van der Waals surface area contributed by atoms with Gasteiger partial charge in [-0.1, -0.05) is 40.2 Å². The van der Waals surface area contributed by atoms with Gasteiger partial charge in [-0.2, -0.15) is 0 Å². The second-order valence-electron chi connectivity index (χ2n) is 4.97. The Morgan fingerprint density at radius 2 is 2.00 bits per heavy atom. The van der Waals surface area contributed by atoms with Crippen LogP contribution in [0.25, 0.3) is 0 Å². The van der Waals surface area contributed by atoms with Crippen LogP contribution in [0.15, 0.2) is 24.3 Å². The molecule has 1 aromatic rings. The van der Waals surface area contributed by atoms with Gasteiger partial charge in [-0.3, -0.25) is 0 Å². The number of piperidine rings is 1. The Hall–Kier alpha value is -0.380. The second-order valence-corrected chi connectivity index (χ2v) is 5.76. The Balaban J connectivity index is 1.78. The van der Waals surface area contributed by atoms with Crippen molar-refractivity contribution in [3.8, 4) is 0 Å². The minimum Gasteiger partial charge on any atom is -0.365 e. The number of nitrogens with zero attached hydrogens (tertiary/aromatic N) is 1. The van der Waals surface area contributed by atoms with Gasteiger partial charge >= 0.3 is 0 Å². The zero-order chi connectivity index (χ0) is 11.7. The van der Waals surface area contributed by atoms with Crippen LogP contribution >= 0.6 is 15.9 Å². The molecule has 0 bridgehead atoms. The van der Waals surface area contributed by atoms with Gasteiger partial charge in [0.25, 0.3) is 0 Å². The summed E-state index contributed by atoms with van der Waals surface area (Å²) in [4.78, 5) is 2.52. The molecular formula is C14H18BrNO. The van der Waals surface area contributed by atoms with E-state index in [1.54, 1.807) is 0 Å². The number of alkyl halides is 1. The van der Waals surface area contributed by atoms with Crippen LogP contribution in [0.3, 0.4) is 0 Å². The highest BCUT2D eigenvalue weighted by Gasteiger charge is 2.41. The zero-order valence-electron chi connectivity index (χ0n) is 9.99. The van der Waals surface area contributed by atoms with Crippen molar-refractivity contribution in [2.24, 2.45) is 0 Å². The van der Waals surface area contributed by atoms with E-state index in [0.29, 0.717) is 0 Å². The van der Waals surface area contributed by atoms with E-state index in [4.69, 9.17) is 4.74 Å². The van der Waals surface area contributed by atoms with Crippen LogP contribution in [0.5, 0.6) is 0 Å². The van der Waals surface area contributed by atoms with Crippen LogP contribution in [0.1, 0.15) is 24.0 Å². The lowest BCUT2D eigenvalue weighted by Gasteiger charge is -2.39. The van der Waals surface area contributed by atoms with E-state index in [1.165, 1.54) is 11.1 Å². The van der Waals surface area contributed by atoms with Crippen LogP contribution in [0, 0.1) is 0 Å². The molecule has 2 aliphatic heterocycles. The molecule has 3 heteroatoms. The number of halogens is 1. The number of benzene rings is 1. The molecule has 0 radical (unpaired) electrons. The molecule has 1 spiro atoms. The molecule has 17 heavy (non-hydrogen) atoms. The SMILES string of the molecule is BrCCN1CCC2(CC1)OCc1ccccc12. The molecule has 2 heterocycles. The Morgan fingerprint density at radius 3 is 2.76 bits per heavy atom. The van der Waals surface area contributed by atoms with Crippen molar-refractivity contribution in [1.82, 2.24) is 4.90 Å². The molecule has 0 atom stereocenters. The zero-order valence-corrected chi connectivity index (χ0v) is 11.6. The highest BCUT2D eigenvalue weighted by atomic mass is 79.9. The standard InChI is InChI=1S/C14H18BrNO/c15-7-10-16-8-5-14(6-9-16)13-4-2-1-3-12(13)11-17-14/h1-4H,5-11H2. The molecule has 92 valence electrons. The molecule has 1 fully saturated rings. The summed E-state index contributed by atoms with van der Waals surface area (Å²) >= 11 is 3.51. The van der Waals surface area contributed by atoms with Gasteiger partial charge in [-0.05, 0) is 24.0 Å². The number of fused-ring (bicyclic) bond motifs is 2. The predicted octanol–water partition coefficient (Wildman–Crippen LogP) is 2.90. The number of rotatable bonds is 2. The number of hydrogen-bond acceptors (Lipinski definition) is 2. The van der Waals surface area contributed by atoms with Gasteiger partial charge in [0, 0.05) is 25.0 Å². The fourth-order valence-corrected chi connectivity index (χ4v) is 3.56. The molecular weight excluding hydrogens is 278 g/mol. The average molecular weight is 296 g/mol. The van der Waals surface area contributed by atoms with Gasteiger partial charge in [0.2, 0.25) is 0 Å². The Morgan fingerprint density at radius 1 is 1.24 bits per heavy atom. The van der Waals surface area contributed by atoms with Crippen molar-refractivity contribution >= 4 is 15.9 Å². The molecule has 0 saturated carbocycles. The van der Waals surface area contributed by atoms with Crippen molar-refractivity contribution in [2.75, 3.05) is 25.0 Å². The average Bonchev–Trinajstić information content (AvgIpc) is 2.73. The van der Waals surface area contributed by atoms with Crippen molar-refractivity contribution < 1.29 is 4.74 Å². The van der Waals surface area contributed by atoms with E-state index in [0.717, 1.165) is 44.4 Å². The van der Waals surface area contributed by atoms with Crippen LogP contribution in [-0.4, -0.2) is 29.9 Å². The fraction of sp³-hybridized carbons (Fsp3) is 0.571. The first-order valence-electron chi connectivity index (χ1n) is 6.35. The van der Waals surface area contributed by atoms with E-state index < -0.39 is 0 Å². The summed E-state index contributed by atoms with van der Waals surface area (Å²) in [5, 5.41) is 1.07. The molecule has 3 rings (SSSR count). The monoisotopic (exact) mass is 295 g/mol. The van der Waals surface area contributed by atoms with E-state index >= 15 is 0 Å². The van der Waals surface area contributed by atoms with Gasteiger partial charge < -0.3 is 9.64 Å². The Labute approximate surface area is 111 Å². The van der Waals surface area contributed by atoms with Gasteiger partial charge in [-0.15, -0.1) is 0 Å². The number of hydrogen-bond donors (Lipinski definition) is 0. The Bertz CT molecular complexity index is 399. The minimum atomic E-state index is 0.0272. The van der Waals surface area contributed by atoms with Crippen LogP contribution in [-0.2, 0) is 16.9 Å². The van der Waals surface area contributed by atoms with Gasteiger partial charge in [0.05, 0.1) is 12.2 Å². The lowest BCUT2D eigenvalue weighted by Crippen LogP contribution is -2.43. The lowest BCUT2D eigenvalue weighted by atomic mass is 9.84. The molecule has 1 saturated heterocycles. The molecule has 0 aromatic heterocycles. The third-order valence-corrected chi connectivity index (χ3v) is 4.43. The summed E-state index contributed by atoms with van der Waals surface area (Å²) in [6, 6.07) is 8.71. The topological polar surface area (TPSA) is 12.5 Å². The first-order chi connectivity index (χ1) is 8.34. The summed E-state index contributed by atoms with van der Waals surface area (Å²) in [6.45, 7) is 4.26. The maximum Gasteiger partial charge on any atom is 0.0963 e. The molecule has 0 amide bonds. The van der Waals surface area contributed by atoms with E-state index in [1.807, 2.05) is 0 Å². The number of likely N-dealkylation sites (tertiary alicyclic amines) is 1. The molecule has 0 N–H and O–H groups in total. The molecule has 2 nitrogen and oxygen atoms in total. The van der Waals surface area contributed by atoms with E-state index in [2.05, 4.69) is 45.1 Å². The van der Waals surface area contributed by atoms with Gasteiger partial charge in [0.1, 0.15) is 0 Å². The quantitative estimate of drug-likeness (QED) is 0.778. The highest BCUT2D eigenvalue weighted by molar-refractivity contribution is 9.09.